The summed E-state index contributed by atoms with van der Waals surface area (Å²) >= 11 is 6.22. The number of nitrogens with zero attached hydrogens (tertiary/aromatic N) is 4. The quantitative estimate of drug-likeness (QED) is 0.802. The second-order valence-corrected chi connectivity index (χ2v) is 8.45. The number of phenols is 1. The number of halogens is 1. The SMILES string of the molecule is CCc1cc(Cl)c(O)c2nc(CN3CCN(CC)CC3)n(CC3CC3)c(=O)c12. The van der Waals surface area contributed by atoms with Crippen LogP contribution in [0, 0.1) is 5.92 Å². The van der Waals surface area contributed by atoms with Crippen molar-refractivity contribution in [2.45, 2.75) is 46.2 Å². The summed E-state index contributed by atoms with van der Waals surface area (Å²) < 4.78 is 1.86. The first-order chi connectivity index (χ1) is 13.5. The molecular weight excluding hydrogens is 376 g/mol. The van der Waals surface area contributed by atoms with E-state index in [4.69, 9.17) is 16.6 Å². The van der Waals surface area contributed by atoms with Crippen LogP contribution in [0.4, 0.5) is 0 Å². The number of aromatic nitrogens is 2. The Kier molecular flexibility index (Phi) is 5.63. The molecule has 7 heteroatoms. The molecule has 1 aliphatic carbocycles. The molecule has 1 aromatic heterocycles. The molecule has 0 radical (unpaired) electrons. The van der Waals surface area contributed by atoms with Gasteiger partial charge >= 0.3 is 0 Å². The number of benzene rings is 1. The first kappa shape index (κ1) is 19.7. The van der Waals surface area contributed by atoms with E-state index in [0.29, 0.717) is 29.8 Å². The molecule has 152 valence electrons. The number of hydrogen-bond donors (Lipinski definition) is 1. The summed E-state index contributed by atoms with van der Waals surface area (Å²) in [5, 5.41) is 11.3. The number of fused-ring (bicyclic) bond motifs is 1. The van der Waals surface area contributed by atoms with E-state index < -0.39 is 0 Å². The Bertz CT molecular complexity index is 930. The summed E-state index contributed by atoms with van der Waals surface area (Å²) in [7, 11) is 0. The molecule has 4 rings (SSSR count). The summed E-state index contributed by atoms with van der Waals surface area (Å²) in [5.74, 6) is 1.23. The Balaban J connectivity index is 1.77. The largest absolute Gasteiger partial charge is 0.504 e. The lowest BCUT2D eigenvalue weighted by atomic mass is 10.1. The maximum atomic E-state index is 13.4. The van der Waals surface area contributed by atoms with Gasteiger partial charge in [0.1, 0.15) is 11.3 Å². The highest BCUT2D eigenvalue weighted by Crippen LogP contribution is 2.34. The van der Waals surface area contributed by atoms with Crippen LogP contribution < -0.4 is 5.56 Å². The average molecular weight is 405 g/mol. The monoisotopic (exact) mass is 404 g/mol. The van der Waals surface area contributed by atoms with Gasteiger partial charge in [-0.2, -0.15) is 0 Å². The van der Waals surface area contributed by atoms with Crippen LogP contribution in [0.3, 0.4) is 0 Å². The van der Waals surface area contributed by atoms with Crippen LogP contribution in [0.15, 0.2) is 10.9 Å². The van der Waals surface area contributed by atoms with Gasteiger partial charge in [0.25, 0.3) is 5.56 Å². The van der Waals surface area contributed by atoms with Gasteiger partial charge in [0.05, 0.1) is 17.0 Å². The van der Waals surface area contributed by atoms with E-state index in [1.807, 2.05) is 11.5 Å². The Morgan fingerprint density at radius 2 is 1.86 bits per heavy atom. The van der Waals surface area contributed by atoms with Crippen LogP contribution in [-0.2, 0) is 19.5 Å². The number of piperazine rings is 1. The molecule has 2 heterocycles. The first-order valence-electron chi connectivity index (χ1n) is 10.4. The Labute approximate surface area is 170 Å². The number of likely N-dealkylation sites (N-methyl/N-ethyl adjacent to an activating group) is 1. The lowest BCUT2D eigenvalue weighted by Crippen LogP contribution is -2.46. The molecule has 1 saturated carbocycles. The van der Waals surface area contributed by atoms with Gasteiger partial charge in [0.2, 0.25) is 0 Å². The summed E-state index contributed by atoms with van der Waals surface area (Å²) in [6.07, 6.45) is 3.02. The molecule has 0 atom stereocenters. The van der Waals surface area contributed by atoms with E-state index in [1.165, 1.54) is 12.8 Å². The molecule has 2 fully saturated rings. The zero-order chi connectivity index (χ0) is 19.8. The predicted octanol–water partition coefficient (Wildman–Crippen LogP) is 2.87. The molecular formula is C21H29ClN4O2. The van der Waals surface area contributed by atoms with E-state index in [-0.39, 0.29) is 16.3 Å². The van der Waals surface area contributed by atoms with Gasteiger partial charge in [-0.25, -0.2) is 4.98 Å². The predicted molar refractivity (Wildman–Crippen MR) is 112 cm³/mol. The highest BCUT2D eigenvalue weighted by molar-refractivity contribution is 6.33. The Hall–Kier alpha value is -1.63. The maximum Gasteiger partial charge on any atom is 0.261 e. The van der Waals surface area contributed by atoms with Crippen molar-refractivity contribution < 1.29 is 5.11 Å². The molecule has 0 amide bonds. The van der Waals surface area contributed by atoms with Crippen molar-refractivity contribution in [1.29, 1.82) is 0 Å². The van der Waals surface area contributed by atoms with Crippen LogP contribution >= 0.6 is 11.6 Å². The number of aromatic hydroxyl groups is 1. The van der Waals surface area contributed by atoms with Gasteiger partial charge < -0.3 is 10.0 Å². The minimum absolute atomic E-state index is 0.0390. The number of rotatable bonds is 6. The molecule has 2 aromatic rings. The highest BCUT2D eigenvalue weighted by Gasteiger charge is 2.27. The molecule has 0 spiro atoms. The highest BCUT2D eigenvalue weighted by atomic mass is 35.5. The van der Waals surface area contributed by atoms with Crippen molar-refractivity contribution in [2.24, 2.45) is 5.92 Å². The summed E-state index contributed by atoms with van der Waals surface area (Å²) in [6.45, 7) is 10.6. The van der Waals surface area contributed by atoms with Gasteiger partial charge in [-0.3, -0.25) is 14.3 Å². The van der Waals surface area contributed by atoms with E-state index >= 15 is 0 Å². The normalized spacial score (nSPS) is 18.8. The molecule has 2 aliphatic rings. The average Bonchev–Trinajstić information content (AvgIpc) is 3.52. The van der Waals surface area contributed by atoms with Gasteiger partial charge in [-0.05, 0) is 43.4 Å². The second-order valence-electron chi connectivity index (χ2n) is 8.04. The molecule has 1 saturated heterocycles. The Morgan fingerprint density at radius 3 is 2.46 bits per heavy atom. The molecule has 0 bridgehead atoms. The number of aryl methyl sites for hydroxylation is 1. The summed E-state index contributed by atoms with van der Waals surface area (Å²) in [6, 6.07) is 1.70. The Morgan fingerprint density at radius 1 is 1.18 bits per heavy atom. The van der Waals surface area contributed by atoms with Crippen molar-refractivity contribution in [3.05, 3.63) is 32.8 Å². The van der Waals surface area contributed by atoms with Crippen LogP contribution in [0.5, 0.6) is 5.75 Å². The third kappa shape index (κ3) is 3.78. The van der Waals surface area contributed by atoms with E-state index in [9.17, 15) is 9.90 Å². The maximum absolute atomic E-state index is 13.4. The third-order valence-electron chi connectivity index (χ3n) is 6.12. The fraction of sp³-hybridized carbons (Fsp3) is 0.619. The van der Waals surface area contributed by atoms with Crippen molar-refractivity contribution in [2.75, 3.05) is 32.7 Å². The standard InChI is InChI=1S/C21H29ClN4O2/c1-3-15-11-16(22)20(27)19-18(15)21(28)26(12-14-5-6-14)17(23-19)13-25-9-7-24(4-2)8-10-25/h11,14,27H,3-10,12-13H2,1-2H3. The first-order valence-corrected chi connectivity index (χ1v) is 10.8. The second kappa shape index (κ2) is 8.01. The third-order valence-corrected chi connectivity index (χ3v) is 6.40. The zero-order valence-electron chi connectivity index (χ0n) is 16.7. The van der Waals surface area contributed by atoms with Crippen LogP contribution in [0.1, 0.15) is 38.1 Å². The van der Waals surface area contributed by atoms with Crippen LogP contribution in [-0.4, -0.2) is 57.2 Å². The number of hydrogen-bond acceptors (Lipinski definition) is 5. The summed E-state index contributed by atoms with van der Waals surface area (Å²) in [4.78, 5) is 23.0. The van der Waals surface area contributed by atoms with Crippen LogP contribution in [0.2, 0.25) is 5.02 Å². The molecule has 28 heavy (non-hydrogen) atoms. The molecule has 6 nitrogen and oxygen atoms in total. The van der Waals surface area contributed by atoms with Crippen molar-refractivity contribution >= 4 is 22.5 Å². The molecule has 1 aliphatic heterocycles. The van der Waals surface area contributed by atoms with Gasteiger partial charge in [-0.1, -0.05) is 25.4 Å². The molecule has 1 aromatic carbocycles. The van der Waals surface area contributed by atoms with Crippen molar-refractivity contribution in [3.8, 4) is 5.75 Å². The van der Waals surface area contributed by atoms with Gasteiger partial charge in [0, 0.05) is 32.7 Å². The lowest BCUT2D eigenvalue weighted by molar-refractivity contribution is 0.128. The smallest absolute Gasteiger partial charge is 0.261 e. The lowest BCUT2D eigenvalue weighted by Gasteiger charge is -2.34. The van der Waals surface area contributed by atoms with Gasteiger partial charge in [0.15, 0.2) is 5.75 Å². The van der Waals surface area contributed by atoms with E-state index in [2.05, 4.69) is 16.7 Å². The van der Waals surface area contributed by atoms with Crippen molar-refractivity contribution in [1.82, 2.24) is 19.4 Å². The molecule has 1 N–H and O–H groups in total. The fourth-order valence-electron chi connectivity index (χ4n) is 4.08. The zero-order valence-corrected chi connectivity index (χ0v) is 17.5. The topological polar surface area (TPSA) is 61.6 Å². The molecule has 0 unspecified atom stereocenters. The van der Waals surface area contributed by atoms with E-state index in [1.54, 1.807) is 6.07 Å². The minimum Gasteiger partial charge on any atom is -0.504 e. The van der Waals surface area contributed by atoms with Crippen molar-refractivity contribution in [3.63, 3.8) is 0 Å². The van der Waals surface area contributed by atoms with Gasteiger partial charge in [-0.15, -0.1) is 0 Å². The minimum atomic E-state index is -0.0819. The fourth-order valence-corrected chi connectivity index (χ4v) is 4.30. The summed E-state index contributed by atoms with van der Waals surface area (Å²) in [5.41, 5.74) is 1.16. The van der Waals surface area contributed by atoms with E-state index in [0.717, 1.165) is 50.7 Å². The number of phenolic OH excluding ortho intramolecular Hbond substituents is 1. The van der Waals surface area contributed by atoms with Crippen LogP contribution in [0.25, 0.3) is 10.9 Å².